The van der Waals surface area contributed by atoms with Crippen molar-refractivity contribution in [3.05, 3.63) is 72.6 Å². The lowest BCUT2D eigenvalue weighted by Gasteiger charge is -2.26. The van der Waals surface area contributed by atoms with E-state index in [2.05, 4.69) is 14.5 Å². The number of hydrogen-bond acceptors (Lipinski definition) is 5. The summed E-state index contributed by atoms with van der Waals surface area (Å²) >= 11 is 1.56. The highest BCUT2D eigenvalue weighted by atomic mass is 32.2. The number of benzene rings is 2. The predicted molar refractivity (Wildman–Crippen MR) is 108 cm³/mol. The van der Waals surface area contributed by atoms with Crippen LogP contribution in [0.3, 0.4) is 0 Å². The molecule has 0 radical (unpaired) electrons. The maximum Gasteiger partial charge on any atom is 0.387 e. The monoisotopic (exact) mass is 438 g/mol. The van der Waals surface area contributed by atoms with Gasteiger partial charge in [0.15, 0.2) is 11.5 Å². The Kier molecular flexibility index (Phi) is 7.40. The van der Waals surface area contributed by atoms with E-state index in [0.717, 1.165) is 16.1 Å². The van der Waals surface area contributed by atoms with Crippen molar-refractivity contribution < 1.29 is 27.0 Å². The highest BCUT2D eigenvalue weighted by Gasteiger charge is 2.19. The SMILES string of the molecule is CSc1cccc(N(Cc2cccnc2)c2ccc(OC(F)F)c(OC(F)F)c2)c1. The van der Waals surface area contributed by atoms with E-state index in [4.69, 9.17) is 0 Å². The molecule has 0 aliphatic carbocycles. The summed E-state index contributed by atoms with van der Waals surface area (Å²) in [5, 5.41) is 0. The van der Waals surface area contributed by atoms with Crippen molar-refractivity contribution in [1.29, 1.82) is 0 Å². The summed E-state index contributed by atoms with van der Waals surface area (Å²) in [6, 6.07) is 15.3. The second-order valence-electron chi connectivity index (χ2n) is 6.04. The van der Waals surface area contributed by atoms with Crippen LogP contribution in [0.4, 0.5) is 28.9 Å². The minimum Gasteiger partial charge on any atom is -0.431 e. The summed E-state index contributed by atoms with van der Waals surface area (Å²) in [5.41, 5.74) is 2.13. The zero-order valence-corrected chi connectivity index (χ0v) is 16.7. The fourth-order valence-electron chi connectivity index (χ4n) is 2.83. The van der Waals surface area contributed by atoms with Gasteiger partial charge in [0.25, 0.3) is 0 Å². The average molecular weight is 438 g/mol. The van der Waals surface area contributed by atoms with Crippen LogP contribution in [0.25, 0.3) is 0 Å². The number of rotatable bonds is 9. The van der Waals surface area contributed by atoms with Crippen molar-refractivity contribution in [2.75, 3.05) is 11.2 Å². The molecule has 0 atom stereocenters. The van der Waals surface area contributed by atoms with Gasteiger partial charge in [-0.1, -0.05) is 12.1 Å². The Morgan fingerprint density at radius 3 is 2.30 bits per heavy atom. The molecule has 0 bridgehead atoms. The lowest BCUT2D eigenvalue weighted by Crippen LogP contribution is -2.17. The van der Waals surface area contributed by atoms with Crippen LogP contribution >= 0.6 is 11.8 Å². The molecule has 0 amide bonds. The van der Waals surface area contributed by atoms with Gasteiger partial charge in [-0.3, -0.25) is 4.98 Å². The second kappa shape index (κ2) is 10.2. The molecule has 0 spiro atoms. The lowest BCUT2D eigenvalue weighted by atomic mass is 10.2. The topological polar surface area (TPSA) is 34.6 Å². The third-order valence-corrected chi connectivity index (χ3v) is 4.82. The predicted octanol–water partition coefficient (Wildman–Crippen LogP) is 6.34. The van der Waals surface area contributed by atoms with E-state index in [1.54, 1.807) is 30.2 Å². The van der Waals surface area contributed by atoms with Gasteiger partial charge in [-0.15, -0.1) is 11.8 Å². The van der Waals surface area contributed by atoms with Crippen LogP contribution in [0.5, 0.6) is 11.5 Å². The third kappa shape index (κ3) is 5.79. The van der Waals surface area contributed by atoms with Crippen LogP contribution < -0.4 is 14.4 Å². The van der Waals surface area contributed by atoms with Crippen molar-refractivity contribution >= 4 is 23.1 Å². The van der Waals surface area contributed by atoms with E-state index in [1.807, 2.05) is 41.5 Å². The Hall–Kier alpha value is -2.94. The molecule has 4 nitrogen and oxygen atoms in total. The normalized spacial score (nSPS) is 11.0. The summed E-state index contributed by atoms with van der Waals surface area (Å²) in [7, 11) is 0. The minimum absolute atomic E-state index is 0.370. The Balaban J connectivity index is 2.05. The highest BCUT2D eigenvalue weighted by Crippen LogP contribution is 2.38. The summed E-state index contributed by atoms with van der Waals surface area (Å²) < 4.78 is 59.7. The summed E-state index contributed by atoms with van der Waals surface area (Å²) in [6.45, 7) is -5.98. The van der Waals surface area contributed by atoms with Crippen LogP contribution in [-0.2, 0) is 6.54 Å². The number of ether oxygens (including phenoxy) is 2. The molecule has 0 fully saturated rings. The summed E-state index contributed by atoms with van der Waals surface area (Å²) in [4.78, 5) is 6.96. The van der Waals surface area contributed by atoms with Crippen molar-refractivity contribution in [2.24, 2.45) is 0 Å². The number of thioether (sulfide) groups is 1. The van der Waals surface area contributed by atoms with Crippen LogP contribution in [0.2, 0.25) is 0 Å². The molecular formula is C21H18F4N2O2S. The molecule has 0 saturated heterocycles. The third-order valence-electron chi connectivity index (χ3n) is 4.10. The molecule has 3 aromatic rings. The molecule has 0 saturated carbocycles. The maximum atomic E-state index is 12.8. The molecule has 0 aliphatic heterocycles. The maximum absolute atomic E-state index is 12.8. The molecular weight excluding hydrogens is 420 g/mol. The summed E-state index contributed by atoms with van der Waals surface area (Å²) in [5.74, 6) is -0.937. The largest absolute Gasteiger partial charge is 0.431 e. The van der Waals surface area contributed by atoms with Gasteiger partial charge >= 0.3 is 13.2 Å². The first-order valence-corrected chi connectivity index (χ1v) is 10.0. The van der Waals surface area contributed by atoms with Gasteiger partial charge in [0.05, 0.1) is 0 Å². The quantitative estimate of drug-likeness (QED) is 0.288. The first-order chi connectivity index (χ1) is 14.5. The number of hydrogen-bond donors (Lipinski definition) is 0. The van der Waals surface area contributed by atoms with Gasteiger partial charge in [0.1, 0.15) is 0 Å². The first-order valence-electron chi connectivity index (χ1n) is 8.80. The number of nitrogens with zero attached hydrogens (tertiary/aromatic N) is 2. The molecule has 0 N–H and O–H groups in total. The van der Waals surface area contributed by atoms with E-state index < -0.39 is 24.7 Å². The Bertz CT molecular complexity index is 961. The first kappa shape index (κ1) is 21.8. The number of anilines is 2. The average Bonchev–Trinajstić information content (AvgIpc) is 2.73. The van der Waals surface area contributed by atoms with Crippen molar-refractivity contribution in [3.8, 4) is 11.5 Å². The van der Waals surface area contributed by atoms with Gasteiger partial charge in [0.2, 0.25) is 0 Å². The van der Waals surface area contributed by atoms with Crippen LogP contribution in [0.15, 0.2) is 71.9 Å². The Morgan fingerprint density at radius 2 is 1.63 bits per heavy atom. The molecule has 0 unspecified atom stereocenters. The Labute approximate surface area is 175 Å². The number of alkyl halides is 4. The van der Waals surface area contributed by atoms with E-state index in [1.165, 1.54) is 18.2 Å². The molecule has 158 valence electrons. The van der Waals surface area contributed by atoms with E-state index >= 15 is 0 Å². The number of aromatic nitrogens is 1. The zero-order valence-electron chi connectivity index (χ0n) is 15.8. The standard InChI is InChI=1S/C21H18F4N2O2S/c1-30-17-6-2-5-15(10-17)27(13-14-4-3-9-26-12-14)16-7-8-18(28-20(22)23)19(11-16)29-21(24)25/h2-12,20-21H,13H2,1H3. The smallest absolute Gasteiger partial charge is 0.387 e. The fourth-order valence-corrected chi connectivity index (χ4v) is 3.28. The van der Waals surface area contributed by atoms with Gasteiger partial charge in [-0.05, 0) is 48.2 Å². The van der Waals surface area contributed by atoms with E-state index in [-0.39, 0.29) is 0 Å². The molecule has 2 aromatic carbocycles. The van der Waals surface area contributed by atoms with Gasteiger partial charge < -0.3 is 14.4 Å². The molecule has 30 heavy (non-hydrogen) atoms. The molecule has 1 aromatic heterocycles. The fraction of sp³-hybridized carbons (Fsp3) is 0.190. The minimum atomic E-state index is -3.19. The second-order valence-corrected chi connectivity index (χ2v) is 6.92. The van der Waals surface area contributed by atoms with Gasteiger partial charge in [0, 0.05) is 41.3 Å². The zero-order chi connectivity index (χ0) is 21.5. The molecule has 3 rings (SSSR count). The van der Waals surface area contributed by atoms with Crippen molar-refractivity contribution in [2.45, 2.75) is 24.7 Å². The van der Waals surface area contributed by atoms with Gasteiger partial charge in [-0.25, -0.2) is 0 Å². The molecule has 1 heterocycles. The van der Waals surface area contributed by atoms with Crippen LogP contribution in [0.1, 0.15) is 5.56 Å². The summed E-state index contributed by atoms with van der Waals surface area (Å²) in [6.07, 6.45) is 5.28. The highest BCUT2D eigenvalue weighted by molar-refractivity contribution is 7.98. The van der Waals surface area contributed by atoms with Gasteiger partial charge in [-0.2, -0.15) is 17.6 Å². The van der Waals surface area contributed by atoms with Crippen molar-refractivity contribution in [3.63, 3.8) is 0 Å². The molecule has 0 aliphatic rings. The molecule has 9 heteroatoms. The van der Waals surface area contributed by atoms with E-state index in [9.17, 15) is 17.6 Å². The van der Waals surface area contributed by atoms with Crippen LogP contribution in [0, 0.1) is 0 Å². The lowest BCUT2D eigenvalue weighted by molar-refractivity contribution is -0.0692. The number of pyridine rings is 1. The van der Waals surface area contributed by atoms with Crippen molar-refractivity contribution in [1.82, 2.24) is 4.98 Å². The van der Waals surface area contributed by atoms with Crippen LogP contribution in [-0.4, -0.2) is 24.5 Å². The van der Waals surface area contributed by atoms with E-state index in [0.29, 0.717) is 12.2 Å². The number of halogens is 4. The Morgan fingerprint density at radius 1 is 0.900 bits per heavy atom.